The topological polar surface area (TPSA) is 99.8 Å². The van der Waals surface area contributed by atoms with Gasteiger partial charge in [-0.3, -0.25) is 19.6 Å². The Morgan fingerprint density at radius 3 is 2.18 bits per heavy atom. The molecule has 5 rings (SSSR count). The van der Waals surface area contributed by atoms with E-state index < -0.39 is 0 Å². The maximum Gasteiger partial charge on any atom is 0.274 e. The van der Waals surface area contributed by atoms with E-state index in [1.165, 1.54) is 0 Å². The fourth-order valence-electron chi connectivity index (χ4n) is 3.62. The van der Waals surface area contributed by atoms with Crippen LogP contribution < -0.4 is 10.6 Å². The van der Waals surface area contributed by atoms with E-state index in [0.717, 1.165) is 27.8 Å². The minimum Gasteiger partial charge on any atom is -0.378 e. The average Bonchev–Trinajstić information content (AvgIpc) is 3.32. The first-order valence-corrected chi connectivity index (χ1v) is 10.8. The number of rotatable bonds is 7. The Labute approximate surface area is 195 Å². The van der Waals surface area contributed by atoms with Crippen LogP contribution in [0, 0.1) is 0 Å². The van der Waals surface area contributed by atoms with Crippen LogP contribution in [0.1, 0.15) is 21.0 Å². The van der Waals surface area contributed by atoms with Gasteiger partial charge in [-0.2, -0.15) is 0 Å². The van der Waals surface area contributed by atoms with Crippen LogP contribution in [0.2, 0.25) is 0 Å². The number of Topliss-reactive ketones (excluding diaryl/α,β-unsaturated/α-hetero) is 1. The number of fused-ring (bicyclic) bond motifs is 1. The summed E-state index contributed by atoms with van der Waals surface area (Å²) < 4.78 is 0. The second kappa shape index (κ2) is 9.38. The van der Waals surface area contributed by atoms with Gasteiger partial charge in [0.1, 0.15) is 11.4 Å². The smallest absolute Gasteiger partial charge is 0.274 e. The van der Waals surface area contributed by atoms with Gasteiger partial charge in [-0.25, -0.2) is 0 Å². The van der Waals surface area contributed by atoms with E-state index in [4.69, 9.17) is 0 Å². The lowest BCUT2D eigenvalue weighted by molar-refractivity contribution is 0.0998. The third kappa shape index (κ3) is 4.68. The zero-order valence-electron chi connectivity index (χ0n) is 18.2. The minimum absolute atomic E-state index is 0.0637. The molecule has 0 unspecified atom stereocenters. The summed E-state index contributed by atoms with van der Waals surface area (Å²) in [6.07, 6.45) is 3.20. The molecule has 3 heterocycles. The second-order valence-electron chi connectivity index (χ2n) is 7.72. The summed E-state index contributed by atoms with van der Waals surface area (Å²) in [6.45, 7) is 0.176. The molecule has 0 fully saturated rings. The van der Waals surface area contributed by atoms with Crippen LogP contribution in [0.3, 0.4) is 0 Å². The Morgan fingerprint density at radius 2 is 1.47 bits per heavy atom. The van der Waals surface area contributed by atoms with Crippen molar-refractivity contribution in [1.29, 1.82) is 0 Å². The molecule has 3 aromatic heterocycles. The molecule has 0 spiro atoms. The van der Waals surface area contributed by atoms with E-state index in [1.54, 1.807) is 48.8 Å². The van der Waals surface area contributed by atoms with E-state index in [0.29, 0.717) is 17.1 Å². The van der Waals surface area contributed by atoms with Crippen LogP contribution in [0.25, 0.3) is 22.2 Å². The largest absolute Gasteiger partial charge is 0.378 e. The zero-order chi connectivity index (χ0) is 23.3. The van der Waals surface area contributed by atoms with E-state index in [-0.39, 0.29) is 18.2 Å². The van der Waals surface area contributed by atoms with Crippen LogP contribution in [0.15, 0.2) is 97.3 Å². The number of carbonyl (C=O) groups excluding carboxylic acids is 2. The molecule has 0 aliphatic heterocycles. The molecular weight excluding hydrogens is 426 g/mol. The molecule has 2 aromatic carbocycles. The number of nitrogens with zero attached hydrogens (tertiary/aromatic N) is 2. The van der Waals surface area contributed by atoms with Crippen molar-refractivity contribution < 1.29 is 9.59 Å². The average molecular weight is 447 g/mol. The van der Waals surface area contributed by atoms with Gasteiger partial charge in [-0.05, 0) is 60.2 Å². The first-order chi connectivity index (χ1) is 16.7. The van der Waals surface area contributed by atoms with Gasteiger partial charge in [0.2, 0.25) is 0 Å². The highest BCUT2D eigenvalue weighted by atomic mass is 16.2. The van der Waals surface area contributed by atoms with E-state index in [1.807, 2.05) is 42.5 Å². The number of ketones is 1. The number of carbonyl (C=O) groups is 2. The SMILES string of the molecule is O=C(CNc1ccc(-c2cc3ccc(NC(=O)c4ccccn4)cc3[nH]2)cc1)c1ccccn1. The molecule has 5 aromatic rings. The van der Waals surface area contributed by atoms with Gasteiger partial charge in [-0.15, -0.1) is 0 Å². The maximum absolute atomic E-state index is 12.4. The molecule has 3 N–H and O–H groups in total. The van der Waals surface area contributed by atoms with Crippen molar-refractivity contribution in [2.24, 2.45) is 0 Å². The Bertz CT molecular complexity index is 1450. The van der Waals surface area contributed by atoms with Crippen molar-refractivity contribution in [3.63, 3.8) is 0 Å². The third-order valence-corrected chi connectivity index (χ3v) is 5.38. The molecule has 0 atom stereocenters. The first kappa shape index (κ1) is 21.1. The lowest BCUT2D eigenvalue weighted by Gasteiger charge is -2.06. The van der Waals surface area contributed by atoms with Crippen molar-refractivity contribution in [1.82, 2.24) is 15.0 Å². The van der Waals surface area contributed by atoms with Gasteiger partial charge in [0, 0.05) is 40.4 Å². The van der Waals surface area contributed by atoms with Crippen LogP contribution >= 0.6 is 0 Å². The zero-order valence-corrected chi connectivity index (χ0v) is 18.2. The number of hydrogen-bond acceptors (Lipinski definition) is 5. The molecule has 0 bridgehead atoms. The number of pyridine rings is 2. The van der Waals surface area contributed by atoms with Gasteiger partial charge in [0.05, 0.1) is 6.54 Å². The predicted molar refractivity (Wildman–Crippen MR) is 133 cm³/mol. The van der Waals surface area contributed by atoms with Gasteiger partial charge < -0.3 is 15.6 Å². The van der Waals surface area contributed by atoms with E-state index in [9.17, 15) is 9.59 Å². The van der Waals surface area contributed by atoms with Crippen LogP contribution in [-0.4, -0.2) is 33.2 Å². The number of H-pyrrole nitrogens is 1. The molecule has 34 heavy (non-hydrogen) atoms. The number of benzene rings is 2. The van der Waals surface area contributed by atoms with E-state index in [2.05, 4.69) is 31.7 Å². The Kier molecular flexibility index (Phi) is 5.82. The van der Waals surface area contributed by atoms with Crippen molar-refractivity contribution in [3.8, 4) is 11.3 Å². The molecule has 1 amide bonds. The summed E-state index contributed by atoms with van der Waals surface area (Å²) in [5, 5.41) is 7.06. The summed E-state index contributed by atoms with van der Waals surface area (Å²) in [5.74, 6) is -0.317. The van der Waals surface area contributed by atoms with Gasteiger partial charge >= 0.3 is 0 Å². The lowest BCUT2D eigenvalue weighted by atomic mass is 10.1. The molecule has 0 saturated heterocycles. The van der Waals surface area contributed by atoms with Crippen molar-refractivity contribution in [2.45, 2.75) is 0 Å². The summed E-state index contributed by atoms with van der Waals surface area (Å²) >= 11 is 0. The standard InChI is InChI=1S/C27H21N5O2/c33-26(22-5-1-3-13-28-22)17-30-20-10-7-18(8-11-20)24-15-19-9-12-21(16-25(19)32-24)31-27(34)23-6-2-4-14-29-23/h1-16,30,32H,17H2,(H,31,34). The number of hydrogen-bond donors (Lipinski definition) is 3. The van der Waals surface area contributed by atoms with Crippen molar-refractivity contribution >= 4 is 34.0 Å². The number of aromatic nitrogens is 3. The number of amides is 1. The third-order valence-electron chi connectivity index (χ3n) is 5.38. The molecule has 0 saturated carbocycles. The Morgan fingerprint density at radius 1 is 0.765 bits per heavy atom. The van der Waals surface area contributed by atoms with Crippen molar-refractivity contribution in [2.75, 3.05) is 17.2 Å². The van der Waals surface area contributed by atoms with Crippen molar-refractivity contribution in [3.05, 3.63) is 109 Å². The number of aromatic amines is 1. The minimum atomic E-state index is -0.253. The van der Waals surface area contributed by atoms with Crippen LogP contribution in [-0.2, 0) is 0 Å². The normalized spacial score (nSPS) is 10.7. The lowest BCUT2D eigenvalue weighted by Crippen LogP contribution is -2.15. The van der Waals surface area contributed by atoms with Gasteiger partial charge in [0.25, 0.3) is 5.91 Å². The fraction of sp³-hybridized carbons (Fsp3) is 0.0370. The van der Waals surface area contributed by atoms with Gasteiger partial charge in [0.15, 0.2) is 5.78 Å². The summed E-state index contributed by atoms with van der Waals surface area (Å²) in [5.41, 5.74) is 5.23. The quantitative estimate of drug-likeness (QED) is 0.299. The summed E-state index contributed by atoms with van der Waals surface area (Å²) in [6, 6.07) is 26.2. The van der Waals surface area contributed by atoms with Crippen LogP contribution in [0.5, 0.6) is 0 Å². The number of nitrogens with one attached hydrogen (secondary N) is 3. The predicted octanol–water partition coefficient (Wildman–Crippen LogP) is 5.17. The Hall–Kier alpha value is -4.78. The highest BCUT2D eigenvalue weighted by molar-refractivity contribution is 6.04. The Balaban J connectivity index is 1.26. The maximum atomic E-state index is 12.4. The highest BCUT2D eigenvalue weighted by Gasteiger charge is 2.10. The molecule has 166 valence electrons. The monoisotopic (exact) mass is 447 g/mol. The van der Waals surface area contributed by atoms with Crippen LogP contribution in [0.4, 0.5) is 11.4 Å². The highest BCUT2D eigenvalue weighted by Crippen LogP contribution is 2.27. The summed E-state index contributed by atoms with van der Waals surface area (Å²) in [4.78, 5) is 36.2. The van der Waals surface area contributed by atoms with E-state index >= 15 is 0 Å². The summed E-state index contributed by atoms with van der Waals surface area (Å²) in [7, 11) is 0. The van der Waals surface area contributed by atoms with Gasteiger partial charge in [-0.1, -0.05) is 30.3 Å². The number of anilines is 2. The molecule has 7 nitrogen and oxygen atoms in total. The second-order valence-corrected chi connectivity index (χ2v) is 7.72. The molecule has 0 aliphatic carbocycles. The molecular formula is C27H21N5O2. The fourth-order valence-corrected chi connectivity index (χ4v) is 3.62. The molecule has 0 aliphatic rings. The molecule has 7 heteroatoms. The molecule has 0 radical (unpaired) electrons. The first-order valence-electron chi connectivity index (χ1n) is 10.8.